The molecule has 0 aromatic heterocycles. The number of rotatable bonds is 51. The van der Waals surface area contributed by atoms with E-state index in [-0.39, 0.29) is 177 Å². The van der Waals surface area contributed by atoms with Gasteiger partial charge in [-0.25, -0.2) is 4.79 Å². The maximum Gasteiger partial charge on any atom is 0.326 e. The lowest BCUT2D eigenvalue weighted by atomic mass is 9.96. The van der Waals surface area contributed by atoms with Crippen LogP contribution in [0.15, 0.2) is 58.5 Å². The second kappa shape index (κ2) is 50.2. The minimum atomic E-state index is -1.93. The number of hydrogen-bond donors (Lipinski definition) is 21. The number of nitrogens with zero attached hydrogens (tertiary/aromatic N) is 4. The number of carboxylic acids is 2. The standard InChI is InChI=1S/C80H125N21O20/c1-8-45(7)65(75(117)98-59(78(120)121)39-44(5)6)99-72(114)57(41-47-23-27-49(103)28-24-47)97-74(116)61-20-15-37-101(61)77(119)54(18-13-34-87-79(83)84)92-66(108)50(17-12-35-88-80(85)86-9-2)91-73(115)60-19-14-36-100(60)76(118)53(16-10-11-33-81)93-71(113)58(42-62(82)104)96-68(110)52(30-32-64(106)107)90-70(112)56(40-46-21-25-48(102)26-22-46)95-69(111)55(38-43(3)4)94-67(109)51-29-31-63(105)89-51/h21-28,43-45,50-61,65,102-103H,8-20,29-42,81H2,1-7H3,(H2,82,104)(H,89,105)(H,90,112)(H,91,115)(H,92,108)(H,93,113)(H,94,109)(H,95,111)(H,96,110)(H,97,116)(H,98,117)(H,99,114)(H,106,107)(H,120,121)(H4,83,84,87)(H3,85,86,88)/t45-,50-,51-,52-,53-,54-,55-,56-,57-,58-,59-,60-,61-,65-/m0/s1. The van der Waals surface area contributed by atoms with Crippen molar-refractivity contribution in [3.63, 3.8) is 0 Å². The highest BCUT2D eigenvalue weighted by atomic mass is 16.4. The van der Waals surface area contributed by atoms with Crippen LogP contribution in [0.1, 0.15) is 182 Å². The van der Waals surface area contributed by atoms with Gasteiger partial charge in [-0.3, -0.25) is 81.9 Å². The van der Waals surface area contributed by atoms with Crippen molar-refractivity contribution < 1.29 is 97.1 Å². The highest BCUT2D eigenvalue weighted by molar-refractivity contribution is 6.01. The second-order valence-electron chi connectivity index (χ2n) is 31.6. The summed E-state index contributed by atoms with van der Waals surface area (Å²) in [5, 5.41) is 71.7. The molecule has 14 atom stereocenters. The van der Waals surface area contributed by atoms with E-state index in [1.54, 1.807) is 48.5 Å². The summed E-state index contributed by atoms with van der Waals surface area (Å²) in [6.45, 7) is 12.8. The molecule has 5 rings (SSSR count). The van der Waals surface area contributed by atoms with Crippen molar-refractivity contribution in [3.05, 3.63) is 59.7 Å². The Hall–Kier alpha value is -11.9. The van der Waals surface area contributed by atoms with Crippen LogP contribution in [0.4, 0.5) is 0 Å². The Morgan fingerprint density at radius 1 is 0.496 bits per heavy atom. The van der Waals surface area contributed by atoms with E-state index in [2.05, 4.69) is 73.8 Å². The largest absolute Gasteiger partial charge is 0.508 e. The number of aliphatic carboxylic acids is 2. The first-order valence-corrected chi connectivity index (χ1v) is 41.3. The number of nitrogens with one attached hydrogen (secondary N) is 12. The Morgan fingerprint density at radius 2 is 0.926 bits per heavy atom. The van der Waals surface area contributed by atoms with Crippen molar-refractivity contribution in [2.75, 3.05) is 39.3 Å². The van der Waals surface area contributed by atoms with Gasteiger partial charge in [-0.05, 0) is 163 Å². The molecule has 0 aliphatic carbocycles. The molecule has 0 bridgehead atoms. The third kappa shape index (κ3) is 33.7. The third-order valence-corrected chi connectivity index (χ3v) is 20.8. The van der Waals surface area contributed by atoms with Crippen LogP contribution < -0.4 is 92.5 Å². The number of carboxylic acid groups (broad SMARTS) is 2. The van der Waals surface area contributed by atoms with E-state index in [1.165, 1.54) is 58.3 Å². The topological polar surface area (TPSA) is 660 Å². The van der Waals surface area contributed by atoms with Gasteiger partial charge in [0.25, 0.3) is 0 Å². The maximum atomic E-state index is 15.2. The van der Waals surface area contributed by atoms with Gasteiger partial charge in [0.05, 0.1) is 6.42 Å². The van der Waals surface area contributed by atoms with Crippen LogP contribution in [0.5, 0.6) is 11.5 Å². The summed E-state index contributed by atoms with van der Waals surface area (Å²) in [5.74, 6) is -16.2. The number of aromatic hydroxyl groups is 2. The number of carbonyl (C=O) groups excluding carboxylic acids is 14. The van der Waals surface area contributed by atoms with Gasteiger partial charge < -0.3 is 123 Å². The van der Waals surface area contributed by atoms with Crippen LogP contribution in [-0.2, 0) is 89.6 Å². The number of amides is 14. The Balaban J connectivity index is 1.43. The summed E-state index contributed by atoms with van der Waals surface area (Å²) in [6, 6.07) is -7.30. The summed E-state index contributed by atoms with van der Waals surface area (Å²) in [6.07, 6.45) is -1.29. The van der Waals surface area contributed by atoms with E-state index in [4.69, 9.17) is 28.7 Å². The average Bonchev–Trinajstić information content (AvgIpc) is 1.74. The first kappa shape index (κ1) is 99.6. The lowest BCUT2D eigenvalue weighted by Gasteiger charge is -2.32. The molecule has 670 valence electrons. The minimum Gasteiger partial charge on any atom is -0.508 e. The summed E-state index contributed by atoms with van der Waals surface area (Å²) in [7, 11) is 0. The molecule has 0 unspecified atom stereocenters. The fourth-order valence-corrected chi connectivity index (χ4v) is 14.2. The monoisotopic (exact) mass is 1700 g/mol. The maximum absolute atomic E-state index is 15.2. The molecule has 2 aromatic carbocycles. The lowest BCUT2D eigenvalue weighted by molar-refractivity contribution is -0.144. The predicted octanol–water partition coefficient (Wildman–Crippen LogP) is -3.16. The number of phenols is 2. The van der Waals surface area contributed by atoms with Gasteiger partial charge in [-0.1, -0.05) is 72.2 Å². The van der Waals surface area contributed by atoms with E-state index < -0.39 is 192 Å². The van der Waals surface area contributed by atoms with Gasteiger partial charge in [-0.2, -0.15) is 0 Å². The van der Waals surface area contributed by atoms with E-state index in [0.29, 0.717) is 30.5 Å². The van der Waals surface area contributed by atoms with E-state index >= 15 is 14.4 Å². The molecule has 41 nitrogen and oxygen atoms in total. The van der Waals surface area contributed by atoms with Crippen LogP contribution in [0.3, 0.4) is 0 Å². The number of primary amides is 1. The molecule has 0 radical (unpaired) electrons. The van der Waals surface area contributed by atoms with E-state index in [9.17, 15) is 82.8 Å². The Kier molecular flexibility index (Phi) is 41.3. The van der Waals surface area contributed by atoms with Crippen LogP contribution in [0.2, 0.25) is 0 Å². The third-order valence-electron chi connectivity index (χ3n) is 20.8. The predicted molar refractivity (Wildman–Crippen MR) is 442 cm³/mol. The zero-order chi connectivity index (χ0) is 89.7. The zero-order valence-electron chi connectivity index (χ0n) is 69.9. The first-order chi connectivity index (χ1) is 57.3. The van der Waals surface area contributed by atoms with Gasteiger partial charge in [0.2, 0.25) is 82.7 Å². The number of nitrogens with two attached hydrogens (primary N) is 5. The van der Waals surface area contributed by atoms with Gasteiger partial charge in [0, 0.05) is 58.4 Å². The highest BCUT2D eigenvalue weighted by Gasteiger charge is 2.44. The smallest absolute Gasteiger partial charge is 0.326 e. The van der Waals surface area contributed by atoms with Crippen LogP contribution >= 0.6 is 0 Å². The highest BCUT2D eigenvalue weighted by Crippen LogP contribution is 2.25. The molecule has 121 heavy (non-hydrogen) atoms. The van der Waals surface area contributed by atoms with Gasteiger partial charge in [-0.15, -0.1) is 0 Å². The quantitative estimate of drug-likeness (QED) is 0.0177. The number of unbranched alkanes of at least 4 members (excludes halogenated alkanes) is 1. The summed E-state index contributed by atoms with van der Waals surface area (Å²) in [4.78, 5) is 235. The molecular weight excluding hydrogens is 1580 g/mol. The molecule has 2 aromatic rings. The number of hydrogen-bond acceptors (Lipinski definition) is 21. The first-order valence-electron chi connectivity index (χ1n) is 41.3. The molecule has 41 heteroatoms. The number of benzene rings is 2. The summed E-state index contributed by atoms with van der Waals surface area (Å²) >= 11 is 0. The molecule has 3 saturated heterocycles. The van der Waals surface area contributed by atoms with Crippen molar-refractivity contribution >= 4 is 107 Å². The summed E-state index contributed by atoms with van der Waals surface area (Å²) in [5.41, 5.74) is 29.8. The molecule has 3 fully saturated rings. The molecular formula is C80H125N21O20. The van der Waals surface area contributed by atoms with E-state index in [1.807, 2.05) is 0 Å². The Bertz CT molecular complexity index is 3960. The fourth-order valence-electron chi connectivity index (χ4n) is 14.2. The molecule has 0 spiro atoms. The van der Waals surface area contributed by atoms with Crippen molar-refractivity contribution in [1.29, 1.82) is 0 Å². The number of aliphatic imine (C=N–C) groups is 2. The fraction of sp³-hybridized carbons (Fsp3) is 0.625. The van der Waals surface area contributed by atoms with Crippen LogP contribution in [0.25, 0.3) is 0 Å². The van der Waals surface area contributed by atoms with Crippen molar-refractivity contribution in [1.82, 2.24) is 73.6 Å². The molecule has 3 aliphatic heterocycles. The molecule has 3 heterocycles. The van der Waals surface area contributed by atoms with Gasteiger partial charge in [0.15, 0.2) is 11.9 Å². The molecule has 26 N–H and O–H groups in total. The molecule has 14 amide bonds. The molecule has 0 saturated carbocycles. The molecule has 3 aliphatic rings. The van der Waals surface area contributed by atoms with Crippen LogP contribution in [0, 0.1) is 17.8 Å². The number of carbonyl (C=O) groups is 16. The zero-order valence-corrected chi connectivity index (χ0v) is 69.9. The Labute approximate surface area is 703 Å². The lowest BCUT2D eigenvalue weighted by Crippen LogP contribution is -2.61. The van der Waals surface area contributed by atoms with Crippen molar-refractivity contribution in [2.45, 2.75) is 262 Å². The van der Waals surface area contributed by atoms with Gasteiger partial charge >= 0.3 is 11.9 Å². The summed E-state index contributed by atoms with van der Waals surface area (Å²) < 4.78 is 0. The minimum absolute atomic E-state index is 0.0137. The van der Waals surface area contributed by atoms with Gasteiger partial charge in [0.1, 0.15) is 90.0 Å². The Morgan fingerprint density at radius 3 is 1.40 bits per heavy atom. The second-order valence-corrected chi connectivity index (χ2v) is 31.6. The number of phenolic OH excluding ortho intramolecular Hbond substituents is 2. The van der Waals surface area contributed by atoms with Crippen LogP contribution in [-0.4, -0.2) is 255 Å². The van der Waals surface area contributed by atoms with Crippen molar-refractivity contribution in [2.24, 2.45) is 56.4 Å². The SMILES string of the molecule is CCNC(N)=NCCC[C@H](NC(=O)[C@@H]1CCCN1C(=O)[C@H](CCCCN)NC(=O)[C@H](CC(N)=O)NC(=O)[C@H](CCC(=O)O)NC(=O)[C@H](Cc1ccc(O)cc1)NC(=O)[C@H](CC(C)C)NC(=O)[C@@H]1CCC(=O)N1)C(=O)N[C@@H](CCCN=C(N)N)C(=O)N1CCC[C@H]1C(=O)N[C@@H](Cc1ccc(O)cc1)C(=O)N[C@H](C(=O)N[C@@H](CC(C)C)C(=O)O)[C@@H](C)CC. The van der Waals surface area contributed by atoms with E-state index in [0.717, 1.165) is 0 Å². The number of guanidine groups is 2. The number of likely N-dealkylation sites (tertiary alicyclic amines) is 2. The normalized spacial score (nSPS) is 17.9. The average molecular weight is 1700 g/mol. The van der Waals surface area contributed by atoms with Crippen molar-refractivity contribution in [3.8, 4) is 11.5 Å².